The highest BCUT2D eigenvalue weighted by molar-refractivity contribution is 6.12. The summed E-state index contributed by atoms with van der Waals surface area (Å²) in [5.74, 6) is 0. The van der Waals surface area contributed by atoms with Crippen LogP contribution in [0, 0.1) is 6.92 Å². The standard InChI is InChI=1S/C21H15N3/c1-14-9-11-24-19-13-17(18-8-4-5-10-22-18)15-6-2-3-7-16(15)21(19)23-20(24)12-14/h2-13H,1H3. The lowest BCUT2D eigenvalue weighted by atomic mass is 10.00. The van der Waals surface area contributed by atoms with Crippen LogP contribution in [0.4, 0.5) is 0 Å². The van der Waals surface area contributed by atoms with Crippen LogP contribution in [-0.4, -0.2) is 14.4 Å². The van der Waals surface area contributed by atoms with Crippen LogP contribution in [0.2, 0.25) is 0 Å². The van der Waals surface area contributed by atoms with Gasteiger partial charge in [0, 0.05) is 23.3 Å². The SMILES string of the molecule is Cc1ccn2c(c1)nc1c3ccccc3c(-c3ccccn3)cc12. The Balaban J connectivity index is 2.00. The molecular weight excluding hydrogens is 294 g/mol. The second-order valence-electron chi connectivity index (χ2n) is 6.10. The summed E-state index contributed by atoms with van der Waals surface area (Å²) in [4.78, 5) is 9.44. The number of aromatic nitrogens is 3. The lowest BCUT2D eigenvalue weighted by Crippen LogP contribution is -1.88. The van der Waals surface area contributed by atoms with Gasteiger partial charge in [0.05, 0.1) is 16.7 Å². The summed E-state index contributed by atoms with van der Waals surface area (Å²) in [6, 6.07) is 20.9. The summed E-state index contributed by atoms with van der Waals surface area (Å²) in [6.07, 6.45) is 3.93. The molecule has 3 aromatic heterocycles. The minimum Gasteiger partial charge on any atom is -0.300 e. The summed E-state index contributed by atoms with van der Waals surface area (Å²) in [7, 11) is 0. The molecule has 5 aromatic rings. The number of rotatable bonds is 1. The van der Waals surface area contributed by atoms with Crippen molar-refractivity contribution in [3.63, 3.8) is 0 Å². The van der Waals surface area contributed by atoms with E-state index in [1.165, 1.54) is 10.9 Å². The monoisotopic (exact) mass is 309 g/mol. The van der Waals surface area contributed by atoms with Gasteiger partial charge in [0.15, 0.2) is 0 Å². The van der Waals surface area contributed by atoms with Gasteiger partial charge in [-0.1, -0.05) is 30.3 Å². The zero-order chi connectivity index (χ0) is 16.1. The number of aryl methyl sites for hydroxylation is 1. The molecule has 0 saturated heterocycles. The number of nitrogens with zero attached hydrogens (tertiary/aromatic N) is 3. The van der Waals surface area contributed by atoms with Gasteiger partial charge in [-0.3, -0.25) is 9.38 Å². The van der Waals surface area contributed by atoms with E-state index >= 15 is 0 Å². The lowest BCUT2D eigenvalue weighted by molar-refractivity contribution is 1.21. The van der Waals surface area contributed by atoms with E-state index < -0.39 is 0 Å². The predicted molar refractivity (Wildman–Crippen MR) is 98.2 cm³/mol. The Bertz CT molecular complexity index is 1200. The molecule has 114 valence electrons. The predicted octanol–water partition coefficient (Wildman–Crippen LogP) is 5.01. The van der Waals surface area contributed by atoms with Gasteiger partial charge in [-0.05, 0) is 48.2 Å². The first-order valence-electron chi connectivity index (χ1n) is 8.03. The number of pyridine rings is 2. The van der Waals surface area contributed by atoms with Crippen molar-refractivity contribution >= 4 is 27.5 Å². The average molecular weight is 309 g/mol. The molecule has 2 aromatic carbocycles. The Hall–Kier alpha value is -3.20. The lowest BCUT2D eigenvalue weighted by Gasteiger charge is -2.07. The maximum Gasteiger partial charge on any atom is 0.138 e. The molecule has 3 heteroatoms. The van der Waals surface area contributed by atoms with E-state index in [-0.39, 0.29) is 0 Å². The molecular formula is C21H15N3. The van der Waals surface area contributed by atoms with E-state index in [4.69, 9.17) is 4.98 Å². The van der Waals surface area contributed by atoms with Crippen molar-refractivity contribution < 1.29 is 0 Å². The summed E-state index contributed by atoms with van der Waals surface area (Å²) in [5.41, 5.74) is 6.47. The molecule has 5 rings (SSSR count). The average Bonchev–Trinajstić information content (AvgIpc) is 2.99. The van der Waals surface area contributed by atoms with Crippen LogP contribution >= 0.6 is 0 Å². The van der Waals surface area contributed by atoms with Crippen molar-refractivity contribution in [3.05, 3.63) is 78.6 Å². The van der Waals surface area contributed by atoms with Crippen molar-refractivity contribution in [3.8, 4) is 11.3 Å². The molecule has 0 aliphatic carbocycles. The fraction of sp³-hybridized carbons (Fsp3) is 0.0476. The van der Waals surface area contributed by atoms with E-state index in [1.54, 1.807) is 0 Å². The first kappa shape index (κ1) is 13.3. The maximum atomic E-state index is 4.88. The highest BCUT2D eigenvalue weighted by Crippen LogP contribution is 2.34. The third-order valence-corrected chi connectivity index (χ3v) is 4.51. The zero-order valence-electron chi connectivity index (χ0n) is 13.3. The second-order valence-corrected chi connectivity index (χ2v) is 6.10. The third-order valence-electron chi connectivity index (χ3n) is 4.51. The Morgan fingerprint density at radius 3 is 2.54 bits per heavy atom. The van der Waals surface area contributed by atoms with Crippen LogP contribution in [0.1, 0.15) is 5.56 Å². The van der Waals surface area contributed by atoms with Crippen LogP contribution in [0.3, 0.4) is 0 Å². The van der Waals surface area contributed by atoms with Crippen LogP contribution in [0.25, 0.3) is 38.7 Å². The van der Waals surface area contributed by atoms with Crippen molar-refractivity contribution in [1.29, 1.82) is 0 Å². The largest absolute Gasteiger partial charge is 0.300 e. The third kappa shape index (κ3) is 1.85. The van der Waals surface area contributed by atoms with E-state index in [9.17, 15) is 0 Å². The number of fused-ring (bicyclic) bond motifs is 5. The molecule has 0 radical (unpaired) electrons. The van der Waals surface area contributed by atoms with Gasteiger partial charge in [-0.15, -0.1) is 0 Å². The van der Waals surface area contributed by atoms with Crippen molar-refractivity contribution in [1.82, 2.24) is 14.4 Å². The second kappa shape index (κ2) is 4.90. The van der Waals surface area contributed by atoms with Gasteiger partial charge < -0.3 is 0 Å². The molecule has 3 nitrogen and oxygen atoms in total. The molecule has 0 aliphatic heterocycles. The van der Waals surface area contributed by atoms with Crippen LogP contribution in [0.5, 0.6) is 0 Å². The summed E-state index contributed by atoms with van der Waals surface area (Å²) in [5, 5.41) is 2.35. The highest BCUT2D eigenvalue weighted by atomic mass is 15.0. The Labute approximate surface area is 139 Å². The van der Waals surface area contributed by atoms with Gasteiger partial charge in [0.2, 0.25) is 0 Å². The number of imidazole rings is 1. The van der Waals surface area contributed by atoms with Crippen LogP contribution < -0.4 is 0 Å². The van der Waals surface area contributed by atoms with Crippen molar-refractivity contribution in [2.45, 2.75) is 6.92 Å². The molecule has 24 heavy (non-hydrogen) atoms. The number of hydrogen-bond acceptors (Lipinski definition) is 2. The molecule has 0 fully saturated rings. The first-order valence-corrected chi connectivity index (χ1v) is 8.03. The van der Waals surface area contributed by atoms with Gasteiger partial charge >= 0.3 is 0 Å². The molecule has 0 aliphatic rings. The minimum atomic E-state index is 0.980. The number of hydrogen-bond donors (Lipinski definition) is 0. The zero-order valence-corrected chi connectivity index (χ0v) is 13.3. The molecule has 3 heterocycles. The van der Waals surface area contributed by atoms with E-state index in [0.29, 0.717) is 0 Å². The fourth-order valence-corrected chi connectivity index (χ4v) is 3.37. The molecule has 0 unspecified atom stereocenters. The summed E-state index contributed by atoms with van der Waals surface area (Å²) < 4.78 is 2.15. The van der Waals surface area contributed by atoms with Gasteiger partial charge in [0.1, 0.15) is 5.65 Å². The topological polar surface area (TPSA) is 30.2 Å². The minimum absolute atomic E-state index is 0.980. The molecule has 0 saturated carbocycles. The Morgan fingerprint density at radius 1 is 0.875 bits per heavy atom. The molecule has 0 bridgehead atoms. The molecule has 0 spiro atoms. The smallest absolute Gasteiger partial charge is 0.138 e. The maximum absolute atomic E-state index is 4.88. The summed E-state index contributed by atoms with van der Waals surface area (Å²) >= 11 is 0. The number of benzene rings is 2. The normalized spacial score (nSPS) is 11.5. The highest BCUT2D eigenvalue weighted by Gasteiger charge is 2.13. The van der Waals surface area contributed by atoms with Crippen LogP contribution in [-0.2, 0) is 0 Å². The van der Waals surface area contributed by atoms with Gasteiger partial charge in [-0.2, -0.15) is 0 Å². The Kier molecular flexibility index (Phi) is 2.71. The molecule has 0 amide bonds. The van der Waals surface area contributed by atoms with E-state index in [1.807, 2.05) is 18.3 Å². The molecule has 0 N–H and O–H groups in total. The quantitative estimate of drug-likeness (QED) is 0.435. The summed E-state index contributed by atoms with van der Waals surface area (Å²) in [6.45, 7) is 2.09. The van der Waals surface area contributed by atoms with E-state index in [0.717, 1.165) is 33.3 Å². The van der Waals surface area contributed by atoms with Crippen molar-refractivity contribution in [2.24, 2.45) is 0 Å². The van der Waals surface area contributed by atoms with Gasteiger partial charge in [-0.25, -0.2) is 4.98 Å². The first-order chi connectivity index (χ1) is 11.8. The van der Waals surface area contributed by atoms with E-state index in [2.05, 4.69) is 71.0 Å². The van der Waals surface area contributed by atoms with Gasteiger partial charge in [0.25, 0.3) is 0 Å². The molecule has 0 atom stereocenters. The van der Waals surface area contributed by atoms with Crippen LogP contribution in [0.15, 0.2) is 73.1 Å². The Morgan fingerprint density at radius 2 is 1.71 bits per heavy atom. The van der Waals surface area contributed by atoms with Crippen molar-refractivity contribution in [2.75, 3.05) is 0 Å². The fourth-order valence-electron chi connectivity index (χ4n) is 3.37.